The molecule has 0 atom stereocenters. The maximum absolute atomic E-state index is 5.04. The molecule has 3 aromatic rings. The molecule has 0 saturated heterocycles. The highest BCUT2D eigenvalue weighted by atomic mass is 79.9. The molecule has 0 amide bonds. The average molecular weight is 366 g/mol. The Labute approximate surface area is 135 Å². The van der Waals surface area contributed by atoms with Gasteiger partial charge in [0.25, 0.3) is 0 Å². The molecule has 0 bridgehead atoms. The van der Waals surface area contributed by atoms with Crippen molar-refractivity contribution < 1.29 is 4.74 Å². The van der Waals surface area contributed by atoms with Crippen molar-refractivity contribution in [2.75, 3.05) is 19.0 Å². The molecule has 0 aliphatic rings. The number of rotatable bonds is 6. The molecule has 0 fully saturated rings. The first kappa shape index (κ1) is 14.9. The average Bonchev–Trinajstić information content (AvgIpc) is 3.05. The first-order chi connectivity index (χ1) is 10.7. The van der Waals surface area contributed by atoms with Crippen molar-refractivity contribution in [2.24, 2.45) is 7.05 Å². The molecule has 3 heterocycles. The standard InChI is InChI=1S/C13H16BrN7O/c1-20-13-10(11(14)19-20)12(15-8-16-13)17-9-4-6-21(18-9)5-3-7-22-2/h4,6,8H,3,5,7H2,1-2H3,(H,15,16,17,18). The van der Waals surface area contributed by atoms with Crippen molar-refractivity contribution in [1.29, 1.82) is 0 Å². The van der Waals surface area contributed by atoms with E-state index in [0.717, 1.165) is 36.4 Å². The lowest BCUT2D eigenvalue weighted by atomic mass is 10.4. The molecule has 3 aromatic heterocycles. The number of fused-ring (bicyclic) bond motifs is 1. The van der Waals surface area contributed by atoms with Crippen LogP contribution in [0.5, 0.6) is 0 Å². The number of hydrogen-bond donors (Lipinski definition) is 1. The minimum absolute atomic E-state index is 0.673. The van der Waals surface area contributed by atoms with Gasteiger partial charge in [-0.2, -0.15) is 10.2 Å². The number of anilines is 2. The van der Waals surface area contributed by atoms with E-state index in [1.807, 2.05) is 24.0 Å². The highest BCUT2D eigenvalue weighted by molar-refractivity contribution is 9.10. The van der Waals surface area contributed by atoms with Gasteiger partial charge in [-0.25, -0.2) is 14.6 Å². The van der Waals surface area contributed by atoms with Crippen molar-refractivity contribution in [3.8, 4) is 0 Å². The summed E-state index contributed by atoms with van der Waals surface area (Å²) in [5, 5.41) is 12.8. The van der Waals surface area contributed by atoms with E-state index in [1.165, 1.54) is 6.33 Å². The van der Waals surface area contributed by atoms with Crippen LogP contribution >= 0.6 is 15.9 Å². The molecule has 0 aromatic carbocycles. The summed E-state index contributed by atoms with van der Waals surface area (Å²) in [6, 6.07) is 1.91. The number of methoxy groups -OCH3 is 1. The molecule has 0 aliphatic carbocycles. The molecule has 0 spiro atoms. The van der Waals surface area contributed by atoms with Crippen LogP contribution in [0.4, 0.5) is 11.6 Å². The van der Waals surface area contributed by atoms with Crippen LogP contribution in [0.15, 0.2) is 23.2 Å². The van der Waals surface area contributed by atoms with Crippen LogP contribution in [-0.4, -0.2) is 43.2 Å². The highest BCUT2D eigenvalue weighted by Gasteiger charge is 2.14. The Hall–Kier alpha value is -2.00. The Kier molecular flexibility index (Phi) is 4.34. The van der Waals surface area contributed by atoms with Gasteiger partial charge in [0.1, 0.15) is 16.7 Å². The third-order valence-electron chi connectivity index (χ3n) is 3.20. The van der Waals surface area contributed by atoms with E-state index >= 15 is 0 Å². The van der Waals surface area contributed by atoms with Gasteiger partial charge in [-0.15, -0.1) is 0 Å². The maximum atomic E-state index is 5.04. The predicted molar refractivity (Wildman–Crippen MR) is 86.0 cm³/mol. The first-order valence-corrected chi connectivity index (χ1v) is 7.61. The van der Waals surface area contributed by atoms with Gasteiger partial charge in [0, 0.05) is 39.6 Å². The fraction of sp³-hybridized carbons (Fsp3) is 0.385. The van der Waals surface area contributed by atoms with Gasteiger partial charge in [0.2, 0.25) is 0 Å². The lowest BCUT2D eigenvalue weighted by molar-refractivity contribution is 0.189. The monoisotopic (exact) mass is 365 g/mol. The zero-order chi connectivity index (χ0) is 15.5. The van der Waals surface area contributed by atoms with Crippen LogP contribution in [0.25, 0.3) is 11.0 Å². The van der Waals surface area contributed by atoms with Crippen molar-refractivity contribution in [3.63, 3.8) is 0 Å². The van der Waals surface area contributed by atoms with E-state index in [9.17, 15) is 0 Å². The summed E-state index contributed by atoms with van der Waals surface area (Å²) in [4.78, 5) is 8.53. The zero-order valence-electron chi connectivity index (χ0n) is 12.3. The summed E-state index contributed by atoms with van der Waals surface area (Å²) in [7, 11) is 3.54. The molecule has 9 heteroatoms. The normalized spacial score (nSPS) is 11.2. The number of nitrogens with zero attached hydrogens (tertiary/aromatic N) is 6. The molecule has 0 aliphatic heterocycles. The van der Waals surface area contributed by atoms with Gasteiger partial charge in [-0.05, 0) is 22.4 Å². The fourth-order valence-electron chi connectivity index (χ4n) is 2.18. The van der Waals surface area contributed by atoms with E-state index in [1.54, 1.807) is 11.8 Å². The molecule has 3 rings (SSSR count). The van der Waals surface area contributed by atoms with Gasteiger partial charge in [-0.1, -0.05) is 0 Å². The number of ether oxygens (including phenoxy) is 1. The SMILES string of the molecule is COCCCn1ccc(Nc2ncnc3c2c(Br)nn3C)n1. The van der Waals surface area contributed by atoms with Crippen molar-refractivity contribution in [1.82, 2.24) is 29.5 Å². The molecule has 0 radical (unpaired) electrons. The van der Waals surface area contributed by atoms with E-state index in [4.69, 9.17) is 4.74 Å². The second kappa shape index (κ2) is 6.41. The summed E-state index contributed by atoms with van der Waals surface area (Å²) in [6.07, 6.45) is 4.35. The second-order valence-electron chi connectivity index (χ2n) is 4.77. The van der Waals surface area contributed by atoms with Gasteiger partial charge in [0.15, 0.2) is 11.5 Å². The van der Waals surface area contributed by atoms with Gasteiger partial charge < -0.3 is 10.1 Å². The van der Waals surface area contributed by atoms with Crippen molar-refractivity contribution in [3.05, 3.63) is 23.2 Å². The minimum atomic E-state index is 0.673. The number of aromatic nitrogens is 6. The summed E-state index contributed by atoms with van der Waals surface area (Å²) in [6.45, 7) is 1.53. The molecule has 22 heavy (non-hydrogen) atoms. The molecule has 8 nitrogen and oxygen atoms in total. The molecule has 116 valence electrons. The Morgan fingerprint density at radius 1 is 1.32 bits per heavy atom. The quantitative estimate of drug-likeness (QED) is 0.673. The third kappa shape index (κ3) is 2.95. The summed E-state index contributed by atoms with van der Waals surface area (Å²) >= 11 is 3.44. The predicted octanol–water partition coefficient (Wildman–Crippen LogP) is 2.10. The summed E-state index contributed by atoms with van der Waals surface area (Å²) in [5.41, 5.74) is 0.754. The second-order valence-corrected chi connectivity index (χ2v) is 5.52. The van der Waals surface area contributed by atoms with Crippen LogP contribution in [0, 0.1) is 0 Å². The lowest BCUT2D eigenvalue weighted by Gasteiger charge is -2.04. The van der Waals surface area contributed by atoms with Gasteiger partial charge >= 0.3 is 0 Å². The number of hydrogen-bond acceptors (Lipinski definition) is 6. The lowest BCUT2D eigenvalue weighted by Crippen LogP contribution is -2.03. The van der Waals surface area contributed by atoms with E-state index in [0.29, 0.717) is 10.4 Å². The molecule has 0 saturated carbocycles. The maximum Gasteiger partial charge on any atom is 0.164 e. The molecule has 0 unspecified atom stereocenters. The van der Waals surface area contributed by atoms with Crippen LogP contribution in [-0.2, 0) is 18.3 Å². The Morgan fingerprint density at radius 3 is 3.00 bits per heavy atom. The van der Waals surface area contributed by atoms with Crippen LogP contribution < -0.4 is 5.32 Å². The molecular weight excluding hydrogens is 350 g/mol. The fourth-order valence-corrected chi connectivity index (χ4v) is 2.78. The Bertz CT molecular complexity index is 782. The Balaban J connectivity index is 1.81. The number of nitrogens with one attached hydrogen (secondary N) is 1. The smallest absolute Gasteiger partial charge is 0.164 e. The van der Waals surface area contributed by atoms with Crippen molar-refractivity contribution in [2.45, 2.75) is 13.0 Å². The van der Waals surface area contributed by atoms with E-state index in [-0.39, 0.29) is 0 Å². The van der Waals surface area contributed by atoms with Crippen LogP contribution in [0.1, 0.15) is 6.42 Å². The van der Waals surface area contributed by atoms with Gasteiger partial charge in [0.05, 0.1) is 5.39 Å². The first-order valence-electron chi connectivity index (χ1n) is 6.81. The summed E-state index contributed by atoms with van der Waals surface area (Å²) < 4.78 is 9.32. The van der Waals surface area contributed by atoms with E-state index in [2.05, 4.69) is 41.4 Å². The topological polar surface area (TPSA) is 82.7 Å². The highest BCUT2D eigenvalue weighted by Crippen LogP contribution is 2.28. The zero-order valence-corrected chi connectivity index (χ0v) is 13.9. The minimum Gasteiger partial charge on any atom is -0.385 e. The molecule has 1 N–H and O–H groups in total. The van der Waals surface area contributed by atoms with E-state index < -0.39 is 0 Å². The third-order valence-corrected chi connectivity index (χ3v) is 3.76. The van der Waals surface area contributed by atoms with Crippen LogP contribution in [0.2, 0.25) is 0 Å². The number of aryl methyl sites for hydroxylation is 2. The number of halogens is 1. The van der Waals surface area contributed by atoms with Gasteiger partial charge in [-0.3, -0.25) is 4.68 Å². The largest absolute Gasteiger partial charge is 0.385 e. The Morgan fingerprint density at radius 2 is 2.18 bits per heavy atom. The molecular formula is C13H16BrN7O. The summed E-state index contributed by atoms with van der Waals surface area (Å²) in [5.74, 6) is 1.40. The van der Waals surface area contributed by atoms with Crippen LogP contribution in [0.3, 0.4) is 0 Å². The van der Waals surface area contributed by atoms with Crippen molar-refractivity contribution >= 4 is 38.6 Å².